The molecule has 0 bridgehead atoms. The summed E-state index contributed by atoms with van der Waals surface area (Å²) in [6, 6.07) is 5.30. The smallest absolute Gasteiger partial charge is 0.407 e. The first kappa shape index (κ1) is 16.4. The lowest BCUT2D eigenvalue weighted by Gasteiger charge is -2.10. The third kappa shape index (κ3) is 2.96. The summed E-state index contributed by atoms with van der Waals surface area (Å²) in [5.74, 6) is -0.946. The van der Waals surface area contributed by atoms with Gasteiger partial charge in [0.2, 0.25) is 0 Å². The van der Waals surface area contributed by atoms with E-state index in [1.807, 2.05) is 0 Å². The minimum absolute atomic E-state index is 0.332. The van der Waals surface area contributed by atoms with Crippen molar-refractivity contribution in [3.8, 4) is 11.1 Å². The maximum atomic E-state index is 13.5. The maximum Gasteiger partial charge on any atom is 0.407 e. The van der Waals surface area contributed by atoms with Gasteiger partial charge in [-0.05, 0) is 23.8 Å². The molecule has 1 unspecified atom stereocenters. The molecule has 1 atom stereocenters. The quantitative estimate of drug-likeness (QED) is 0.773. The number of cyclic esters (lactones) is 1. The van der Waals surface area contributed by atoms with Crippen LogP contribution in [0.4, 0.5) is 18.0 Å². The number of carbonyl (C=O) groups is 1. The second kappa shape index (κ2) is 6.32. The number of amides is 1. The molecule has 26 heavy (non-hydrogen) atoms. The van der Waals surface area contributed by atoms with Crippen LogP contribution in [-0.2, 0) is 11.3 Å². The van der Waals surface area contributed by atoms with Crippen LogP contribution in [0, 0.1) is 5.82 Å². The zero-order valence-corrected chi connectivity index (χ0v) is 13.3. The van der Waals surface area contributed by atoms with Gasteiger partial charge in [-0.3, -0.25) is 9.67 Å². The average molecular weight is 362 g/mol. The van der Waals surface area contributed by atoms with Crippen LogP contribution in [0.3, 0.4) is 0 Å². The van der Waals surface area contributed by atoms with E-state index in [1.165, 1.54) is 12.3 Å². The Morgan fingerprint density at radius 2 is 2.12 bits per heavy atom. The number of alkyl carbamates (subject to hydrolysis) is 1. The van der Waals surface area contributed by atoms with Gasteiger partial charge in [0.15, 0.2) is 0 Å². The number of rotatable bonds is 4. The van der Waals surface area contributed by atoms with E-state index in [0.29, 0.717) is 35.2 Å². The minimum atomic E-state index is -2.90. The van der Waals surface area contributed by atoms with Crippen molar-refractivity contribution in [2.45, 2.75) is 19.1 Å². The number of halogens is 3. The average Bonchev–Trinajstić information content (AvgIpc) is 3.21. The first-order chi connectivity index (χ1) is 12.5. The molecule has 1 aliphatic heterocycles. The fraction of sp³-hybridized carbons (Fsp3) is 0.235. The minimum Gasteiger partial charge on any atom is -0.442 e. The van der Waals surface area contributed by atoms with Crippen molar-refractivity contribution in [2.24, 2.45) is 0 Å². The fourth-order valence-electron chi connectivity index (χ4n) is 2.88. The standard InChI is InChI=1S/C17H13F3N4O2/c18-13-2-1-9(3-12(13)16(19)20)10-4-15-14(21-5-10)7-23-24(15)8-11-6-22-17(25)26-11/h1-5,7,11,16H,6,8H2,(H,22,25). The van der Waals surface area contributed by atoms with E-state index in [0.717, 1.165) is 12.1 Å². The summed E-state index contributed by atoms with van der Waals surface area (Å²) in [4.78, 5) is 15.4. The number of nitrogens with one attached hydrogen (secondary N) is 1. The summed E-state index contributed by atoms with van der Waals surface area (Å²) in [5.41, 5.74) is 1.61. The monoisotopic (exact) mass is 362 g/mol. The number of hydrogen-bond donors (Lipinski definition) is 1. The first-order valence-corrected chi connectivity index (χ1v) is 7.85. The highest BCUT2D eigenvalue weighted by Gasteiger charge is 2.24. The van der Waals surface area contributed by atoms with Gasteiger partial charge in [0, 0.05) is 11.8 Å². The Labute approximate surface area is 145 Å². The van der Waals surface area contributed by atoms with Crippen molar-refractivity contribution in [3.05, 3.63) is 48.0 Å². The van der Waals surface area contributed by atoms with Gasteiger partial charge in [0.25, 0.3) is 6.43 Å². The number of hydrogen-bond acceptors (Lipinski definition) is 4. The lowest BCUT2D eigenvalue weighted by Crippen LogP contribution is -2.21. The largest absolute Gasteiger partial charge is 0.442 e. The molecule has 2 aromatic heterocycles. The predicted molar refractivity (Wildman–Crippen MR) is 86.2 cm³/mol. The van der Waals surface area contributed by atoms with Gasteiger partial charge in [-0.15, -0.1) is 0 Å². The molecule has 9 heteroatoms. The van der Waals surface area contributed by atoms with Crippen molar-refractivity contribution < 1.29 is 22.7 Å². The van der Waals surface area contributed by atoms with E-state index in [4.69, 9.17) is 4.74 Å². The number of aromatic nitrogens is 3. The number of alkyl halides is 2. The molecule has 1 N–H and O–H groups in total. The molecule has 3 aromatic rings. The molecule has 0 spiro atoms. The maximum absolute atomic E-state index is 13.5. The van der Waals surface area contributed by atoms with Gasteiger partial charge in [-0.2, -0.15) is 5.10 Å². The summed E-state index contributed by atoms with van der Waals surface area (Å²) < 4.78 is 46.1. The van der Waals surface area contributed by atoms with Gasteiger partial charge in [-0.25, -0.2) is 18.0 Å². The van der Waals surface area contributed by atoms with Crippen LogP contribution in [0.2, 0.25) is 0 Å². The van der Waals surface area contributed by atoms with Crippen molar-refractivity contribution >= 4 is 17.1 Å². The topological polar surface area (TPSA) is 69.0 Å². The lowest BCUT2D eigenvalue weighted by molar-refractivity contribution is 0.129. The van der Waals surface area contributed by atoms with Gasteiger partial charge < -0.3 is 10.1 Å². The van der Waals surface area contributed by atoms with Crippen LogP contribution in [0.1, 0.15) is 12.0 Å². The van der Waals surface area contributed by atoms with Crippen LogP contribution in [0.15, 0.2) is 36.7 Å². The Morgan fingerprint density at radius 1 is 1.27 bits per heavy atom. The van der Waals surface area contributed by atoms with Crippen LogP contribution in [0.5, 0.6) is 0 Å². The number of ether oxygens (including phenoxy) is 1. The third-order valence-electron chi connectivity index (χ3n) is 4.18. The van der Waals surface area contributed by atoms with E-state index < -0.39 is 23.9 Å². The molecule has 1 aromatic carbocycles. The second-order valence-electron chi connectivity index (χ2n) is 5.90. The molecular formula is C17H13F3N4O2. The van der Waals surface area contributed by atoms with Crippen molar-refractivity contribution in [3.63, 3.8) is 0 Å². The van der Waals surface area contributed by atoms with E-state index in [-0.39, 0.29) is 6.10 Å². The highest BCUT2D eigenvalue weighted by Crippen LogP contribution is 2.29. The van der Waals surface area contributed by atoms with Crippen molar-refractivity contribution in [1.29, 1.82) is 0 Å². The molecule has 3 heterocycles. The SMILES string of the molecule is O=C1NCC(Cn2ncc3ncc(-c4ccc(F)c(C(F)F)c4)cc32)O1. The van der Waals surface area contributed by atoms with Crippen LogP contribution < -0.4 is 5.32 Å². The Morgan fingerprint density at radius 3 is 2.85 bits per heavy atom. The highest BCUT2D eigenvalue weighted by molar-refractivity contribution is 5.80. The highest BCUT2D eigenvalue weighted by atomic mass is 19.3. The predicted octanol–water partition coefficient (Wildman–Crippen LogP) is 3.28. The van der Waals surface area contributed by atoms with E-state index in [1.54, 1.807) is 16.9 Å². The van der Waals surface area contributed by atoms with E-state index in [2.05, 4.69) is 15.4 Å². The van der Waals surface area contributed by atoms with Gasteiger partial charge in [0.1, 0.15) is 17.4 Å². The Hall–Kier alpha value is -3.10. The van der Waals surface area contributed by atoms with Gasteiger partial charge in [0.05, 0.1) is 30.4 Å². The third-order valence-corrected chi connectivity index (χ3v) is 4.18. The molecule has 0 aliphatic carbocycles. The Bertz CT molecular complexity index is 989. The molecule has 1 fully saturated rings. The normalized spacial score (nSPS) is 16.9. The van der Waals surface area contributed by atoms with E-state index in [9.17, 15) is 18.0 Å². The summed E-state index contributed by atoms with van der Waals surface area (Å²) in [7, 11) is 0. The molecule has 1 aliphatic rings. The Kier molecular flexibility index (Phi) is 3.98. The number of nitrogens with zero attached hydrogens (tertiary/aromatic N) is 3. The molecule has 134 valence electrons. The van der Waals surface area contributed by atoms with Crippen molar-refractivity contribution in [2.75, 3.05) is 6.54 Å². The molecule has 1 saturated heterocycles. The van der Waals surface area contributed by atoms with Gasteiger partial charge >= 0.3 is 6.09 Å². The van der Waals surface area contributed by atoms with Crippen LogP contribution >= 0.6 is 0 Å². The zero-order valence-electron chi connectivity index (χ0n) is 13.3. The number of carbonyl (C=O) groups excluding carboxylic acids is 1. The van der Waals surface area contributed by atoms with Gasteiger partial charge in [-0.1, -0.05) is 6.07 Å². The second-order valence-corrected chi connectivity index (χ2v) is 5.90. The van der Waals surface area contributed by atoms with Crippen LogP contribution in [0.25, 0.3) is 22.2 Å². The first-order valence-electron chi connectivity index (χ1n) is 7.85. The lowest BCUT2D eigenvalue weighted by atomic mass is 10.0. The zero-order chi connectivity index (χ0) is 18.3. The number of fused-ring (bicyclic) bond motifs is 1. The molecule has 4 rings (SSSR count). The van der Waals surface area contributed by atoms with E-state index >= 15 is 0 Å². The summed E-state index contributed by atoms with van der Waals surface area (Å²) >= 11 is 0. The van der Waals surface area contributed by atoms with Crippen LogP contribution in [-0.4, -0.2) is 33.5 Å². The molecule has 6 nitrogen and oxygen atoms in total. The molecule has 1 amide bonds. The summed E-state index contributed by atoms with van der Waals surface area (Å²) in [6.45, 7) is 0.710. The summed E-state index contributed by atoms with van der Waals surface area (Å²) in [6.07, 6.45) is -0.643. The Balaban J connectivity index is 1.70. The number of benzene rings is 1. The summed E-state index contributed by atoms with van der Waals surface area (Å²) in [5, 5.41) is 6.80. The van der Waals surface area contributed by atoms with Crippen molar-refractivity contribution in [1.82, 2.24) is 20.1 Å². The molecule has 0 saturated carbocycles. The number of pyridine rings is 1. The molecular weight excluding hydrogens is 349 g/mol. The molecule has 0 radical (unpaired) electrons. The fourth-order valence-corrected chi connectivity index (χ4v) is 2.88.